The standard InChI is InChI=1S/C10H20N2OS/c11-10(13)5-1-2-6-12-9-4-3-7-14-8-9/h9,12H,1-8H2,(H2,11,13). The fourth-order valence-corrected chi connectivity index (χ4v) is 2.74. The molecule has 1 unspecified atom stereocenters. The summed E-state index contributed by atoms with van der Waals surface area (Å²) in [5, 5.41) is 3.52. The van der Waals surface area contributed by atoms with Gasteiger partial charge in [0.15, 0.2) is 0 Å². The van der Waals surface area contributed by atoms with Crippen LogP contribution >= 0.6 is 11.8 Å². The molecule has 14 heavy (non-hydrogen) atoms. The molecule has 1 aliphatic heterocycles. The number of unbranched alkanes of at least 4 members (excludes halogenated alkanes) is 1. The number of nitrogens with one attached hydrogen (secondary N) is 1. The summed E-state index contributed by atoms with van der Waals surface area (Å²) in [7, 11) is 0. The topological polar surface area (TPSA) is 55.1 Å². The minimum absolute atomic E-state index is 0.182. The van der Waals surface area contributed by atoms with E-state index in [0.29, 0.717) is 12.5 Å². The molecule has 1 rings (SSSR count). The zero-order valence-corrected chi connectivity index (χ0v) is 9.44. The van der Waals surface area contributed by atoms with Crippen molar-refractivity contribution < 1.29 is 4.79 Å². The number of hydrogen-bond donors (Lipinski definition) is 2. The Bertz CT molecular complexity index is 170. The third kappa shape index (κ3) is 5.50. The average Bonchev–Trinajstić information content (AvgIpc) is 2.18. The quantitative estimate of drug-likeness (QED) is 0.654. The third-order valence-corrected chi connectivity index (χ3v) is 3.66. The Kier molecular flexibility index (Phi) is 6.03. The van der Waals surface area contributed by atoms with Crippen LogP contribution in [0.5, 0.6) is 0 Å². The minimum atomic E-state index is -0.182. The molecule has 0 spiro atoms. The van der Waals surface area contributed by atoms with Crippen molar-refractivity contribution in [2.24, 2.45) is 5.73 Å². The van der Waals surface area contributed by atoms with Gasteiger partial charge in [0.25, 0.3) is 0 Å². The van der Waals surface area contributed by atoms with Crippen LogP contribution in [0.4, 0.5) is 0 Å². The van der Waals surface area contributed by atoms with Gasteiger partial charge in [0.2, 0.25) is 5.91 Å². The van der Waals surface area contributed by atoms with Crippen molar-refractivity contribution in [3.8, 4) is 0 Å². The largest absolute Gasteiger partial charge is 0.370 e. The van der Waals surface area contributed by atoms with Gasteiger partial charge in [-0.05, 0) is 38.0 Å². The molecule has 1 atom stereocenters. The maximum Gasteiger partial charge on any atom is 0.217 e. The van der Waals surface area contributed by atoms with Crippen LogP contribution in [0.1, 0.15) is 32.1 Å². The number of carbonyl (C=O) groups is 1. The number of amides is 1. The van der Waals surface area contributed by atoms with Crippen LogP contribution in [0.15, 0.2) is 0 Å². The zero-order valence-electron chi connectivity index (χ0n) is 8.63. The van der Waals surface area contributed by atoms with E-state index in [1.54, 1.807) is 0 Å². The maximum atomic E-state index is 10.5. The SMILES string of the molecule is NC(=O)CCCCNC1CCCSC1. The molecule has 1 saturated heterocycles. The Hall–Kier alpha value is -0.220. The van der Waals surface area contributed by atoms with E-state index >= 15 is 0 Å². The van der Waals surface area contributed by atoms with E-state index in [0.717, 1.165) is 19.4 Å². The number of hydrogen-bond acceptors (Lipinski definition) is 3. The highest BCUT2D eigenvalue weighted by molar-refractivity contribution is 7.99. The Morgan fingerprint density at radius 1 is 1.50 bits per heavy atom. The summed E-state index contributed by atoms with van der Waals surface area (Å²) in [4.78, 5) is 10.5. The molecule has 0 aromatic carbocycles. The second kappa shape index (κ2) is 7.12. The minimum Gasteiger partial charge on any atom is -0.370 e. The molecule has 1 heterocycles. The highest BCUT2D eigenvalue weighted by atomic mass is 32.2. The molecule has 0 radical (unpaired) electrons. The predicted molar refractivity (Wildman–Crippen MR) is 61.4 cm³/mol. The summed E-state index contributed by atoms with van der Waals surface area (Å²) in [6.07, 6.45) is 5.15. The number of primary amides is 1. The van der Waals surface area contributed by atoms with Crippen molar-refractivity contribution in [3.63, 3.8) is 0 Å². The van der Waals surface area contributed by atoms with Crippen molar-refractivity contribution in [2.45, 2.75) is 38.1 Å². The van der Waals surface area contributed by atoms with E-state index in [1.807, 2.05) is 11.8 Å². The lowest BCUT2D eigenvalue weighted by atomic mass is 10.1. The van der Waals surface area contributed by atoms with Crippen LogP contribution < -0.4 is 11.1 Å². The van der Waals surface area contributed by atoms with Crippen molar-refractivity contribution in [1.29, 1.82) is 0 Å². The van der Waals surface area contributed by atoms with Crippen LogP contribution in [0, 0.1) is 0 Å². The van der Waals surface area contributed by atoms with E-state index < -0.39 is 0 Å². The van der Waals surface area contributed by atoms with Gasteiger partial charge in [0, 0.05) is 18.2 Å². The summed E-state index contributed by atoms with van der Waals surface area (Å²) in [6, 6.07) is 0.697. The van der Waals surface area contributed by atoms with E-state index in [4.69, 9.17) is 5.73 Å². The average molecular weight is 216 g/mol. The normalized spacial score (nSPS) is 22.1. The van der Waals surface area contributed by atoms with E-state index in [1.165, 1.54) is 24.3 Å². The summed E-state index contributed by atoms with van der Waals surface area (Å²) < 4.78 is 0. The van der Waals surface area contributed by atoms with Crippen molar-refractivity contribution >= 4 is 17.7 Å². The lowest BCUT2D eigenvalue weighted by Crippen LogP contribution is -2.34. The van der Waals surface area contributed by atoms with Crippen LogP contribution in [-0.4, -0.2) is 30.0 Å². The van der Waals surface area contributed by atoms with Gasteiger partial charge in [-0.1, -0.05) is 0 Å². The van der Waals surface area contributed by atoms with Crippen LogP contribution in [0.3, 0.4) is 0 Å². The van der Waals surface area contributed by atoms with Crippen LogP contribution in [0.25, 0.3) is 0 Å². The summed E-state index contributed by atoms with van der Waals surface area (Å²) in [5.41, 5.74) is 5.05. The molecule has 3 N–H and O–H groups in total. The van der Waals surface area contributed by atoms with E-state index in [-0.39, 0.29) is 5.91 Å². The van der Waals surface area contributed by atoms with E-state index in [9.17, 15) is 4.79 Å². The number of thioether (sulfide) groups is 1. The first-order valence-electron chi connectivity index (χ1n) is 5.38. The molecule has 0 aliphatic carbocycles. The van der Waals surface area contributed by atoms with Gasteiger partial charge < -0.3 is 11.1 Å². The molecule has 0 bridgehead atoms. The van der Waals surface area contributed by atoms with E-state index in [2.05, 4.69) is 5.32 Å². The monoisotopic (exact) mass is 216 g/mol. The molecule has 0 saturated carbocycles. The third-order valence-electron chi connectivity index (χ3n) is 2.44. The first kappa shape index (κ1) is 11.9. The summed E-state index contributed by atoms with van der Waals surface area (Å²) in [6.45, 7) is 1.03. The number of rotatable bonds is 6. The van der Waals surface area contributed by atoms with Gasteiger partial charge in [0.05, 0.1) is 0 Å². The lowest BCUT2D eigenvalue weighted by molar-refractivity contribution is -0.118. The Labute approximate surface area is 90.2 Å². The van der Waals surface area contributed by atoms with Crippen molar-refractivity contribution in [2.75, 3.05) is 18.1 Å². The van der Waals surface area contributed by atoms with Crippen molar-refractivity contribution in [1.82, 2.24) is 5.32 Å². The smallest absolute Gasteiger partial charge is 0.217 e. The van der Waals surface area contributed by atoms with Gasteiger partial charge in [-0.25, -0.2) is 0 Å². The first-order valence-corrected chi connectivity index (χ1v) is 6.54. The zero-order chi connectivity index (χ0) is 10.2. The van der Waals surface area contributed by atoms with Gasteiger partial charge >= 0.3 is 0 Å². The second-order valence-electron chi connectivity index (χ2n) is 3.79. The van der Waals surface area contributed by atoms with Gasteiger partial charge in [-0.2, -0.15) is 11.8 Å². The Balaban J connectivity index is 1.90. The Morgan fingerprint density at radius 3 is 3.00 bits per heavy atom. The molecule has 1 amide bonds. The van der Waals surface area contributed by atoms with Gasteiger partial charge in [-0.3, -0.25) is 4.79 Å². The highest BCUT2D eigenvalue weighted by Gasteiger charge is 2.11. The van der Waals surface area contributed by atoms with Gasteiger partial charge in [0.1, 0.15) is 0 Å². The molecule has 0 aromatic rings. The maximum absolute atomic E-state index is 10.5. The highest BCUT2D eigenvalue weighted by Crippen LogP contribution is 2.16. The first-order chi connectivity index (χ1) is 6.79. The summed E-state index contributed by atoms with van der Waals surface area (Å²) in [5.74, 6) is 2.38. The Morgan fingerprint density at radius 2 is 2.36 bits per heavy atom. The number of nitrogens with two attached hydrogens (primary N) is 1. The fourth-order valence-electron chi connectivity index (χ4n) is 1.63. The van der Waals surface area contributed by atoms with Gasteiger partial charge in [-0.15, -0.1) is 0 Å². The molecule has 3 nitrogen and oxygen atoms in total. The molecular formula is C10H20N2OS. The molecule has 82 valence electrons. The van der Waals surface area contributed by atoms with Crippen molar-refractivity contribution in [3.05, 3.63) is 0 Å². The molecule has 1 fully saturated rings. The predicted octanol–water partition coefficient (Wildman–Crippen LogP) is 1.13. The lowest BCUT2D eigenvalue weighted by Gasteiger charge is -2.22. The second-order valence-corrected chi connectivity index (χ2v) is 4.94. The molecule has 1 aliphatic rings. The number of carbonyl (C=O) groups excluding carboxylic acids is 1. The van der Waals surface area contributed by atoms with Crippen LogP contribution in [-0.2, 0) is 4.79 Å². The van der Waals surface area contributed by atoms with Crippen LogP contribution in [0.2, 0.25) is 0 Å². The molecule has 0 aromatic heterocycles. The molecular weight excluding hydrogens is 196 g/mol. The molecule has 4 heteroatoms. The fraction of sp³-hybridized carbons (Fsp3) is 0.900. The summed E-state index contributed by atoms with van der Waals surface area (Å²) >= 11 is 2.04.